The molecule has 5 nitrogen and oxygen atoms in total. The highest BCUT2D eigenvalue weighted by atomic mass is 17.3. The minimum Gasteiger partial charge on any atom is -0.450 e. The smallest absolute Gasteiger partial charge is 0.450 e. The highest BCUT2D eigenvalue weighted by Crippen LogP contribution is 2.44. The first-order valence-corrected chi connectivity index (χ1v) is 9.60. The van der Waals surface area contributed by atoms with Gasteiger partial charge in [0.15, 0.2) is 5.60 Å². The minimum atomic E-state index is -1.25. The zero-order chi connectivity index (χ0) is 18.1. The van der Waals surface area contributed by atoms with E-state index in [4.69, 9.17) is 19.6 Å². The molecule has 0 aromatic carbocycles. The first-order valence-electron chi connectivity index (χ1n) is 9.60. The van der Waals surface area contributed by atoms with Crippen LogP contribution in [0.3, 0.4) is 0 Å². The molecule has 0 aromatic heterocycles. The molecule has 1 saturated heterocycles. The fourth-order valence-electron chi connectivity index (χ4n) is 3.17. The van der Waals surface area contributed by atoms with Gasteiger partial charge in [-0.3, -0.25) is 0 Å². The van der Waals surface area contributed by atoms with E-state index in [0.717, 1.165) is 12.8 Å². The van der Waals surface area contributed by atoms with Crippen LogP contribution in [0.15, 0.2) is 0 Å². The predicted octanol–water partition coefficient (Wildman–Crippen LogP) is 5.86. The first-order chi connectivity index (χ1) is 11.3. The normalized spacial score (nSPS) is 23.5. The van der Waals surface area contributed by atoms with Gasteiger partial charge < -0.3 is 9.84 Å². The molecule has 24 heavy (non-hydrogen) atoms. The Balaban J connectivity index is 2.19. The van der Waals surface area contributed by atoms with E-state index in [9.17, 15) is 4.79 Å². The summed E-state index contributed by atoms with van der Waals surface area (Å²) in [5.74, 6) is 0. The van der Waals surface area contributed by atoms with E-state index in [1.54, 1.807) is 0 Å². The van der Waals surface area contributed by atoms with Gasteiger partial charge in [0.2, 0.25) is 0 Å². The summed E-state index contributed by atoms with van der Waals surface area (Å²) in [6.07, 6.45) is 11.4. The number of carboxylic acid groups (broad SMARTS) is 1. The van der Waals surface area contributed by atoms with Crippen molar-refractivity contribution in [1.29, 1.82) is 0 Å². The lowest BCUT2D eigenvalue weighted by Gasteiger charge is -2.53. The van der Waals surface area contributed by atoms with Gasteiger partial charge in [-0.2, -0.15) is 0 Å². The second kappa shape index (κ2) is 10.2. The Morgan fingerprint density at radius 1 is 0.917 bits per heavy atom. The molecule has 0 amide bonds. The summed E-state index contributed by atoms with van der Waals surface area (Å²) in [7, 11) is 0. The van der Waals surface area contributed by atoms with Crippen molar-refractivity contribution in [3.8, 4) is 0 Å². The summed E-state index contributed by atoms with van der Waals surface area (Å²) in [5.41, 5.74) is -1.25. The molecule has 1 aliphatic heterocycles. The number of carbonyl (C=O) groups is 1. The van der Waals surface area contributed by atoms with Crippen LogP contribution >= 0.6 is 0 Å². The van der Waals surface area contributed by atoms with Gasteiger partial charge in [-0.25, -0.2) is 14.6 Å². The van der Waals surface area contributed by atoms with E-state index in [-0.39, 0.29) is 0 Å². The molecule has 2 unspecified atom stereocenters. The summed E-state index contributed by atoms with van der Waals surface area (Å²) in [6.45, 7) is 7.89. The quantitative estimate of drug-likeness (QED) is 0.257. The van der Waals surface area contributed by atoms with Crippen molar-refractivity contribution in [2.45, 2.75) is 116 Å². The molecule has 142 valence electrons. The highest BCUT2D eigenvalue weighted by Gasteiger charge is 2.60. The Hall–Kier alpha value is -0.810. The molecular weight excluding hydrogens is 308 g/mol. The third-order valence-corrected chi connectivity index (χ3v) is 5.30. The van der Waals surface area contributed by atoms with Crippen LogP contribution < -0.4 is 0 Å². The zero-order valence-corrected chi connectivity index (χ0v) is 15.9. The molecule has 1 rings (SSSR count). The Morgan fingerprint density at radius 3 is 1.79 bits per heavy atom. The van der Waals surface area contributed by atoms with Crippen molar-refractivity contribution in [2.24, 2.45) is 0 Å². The SMILES string of the molecule is CCCCCCCCCCCCC(OC(=O)O)C1(C)OOC1(C)C. The molecule has 0 spiro atoms. The van der Waals surface area contributed by atoms with Crippen LogP contribution in [0.25, 0.3) is 0 Å². The molecule has 0 aromatic rings. The number of ether oxygens (including phenoxy) is 1. The molecule has 1 aliphatic rings. The lowest BCUT2D eigenvalue weighted by Crippen LogP contribution is -2.68. The van der Waals surface area contributed by atoms with Crippen LogP contribution in [0.5, 0.6) is 0 Å². The van der Waals surface area contributed by atoms with Crippen LogP contribution in [0, 0.1) is 0 Å². The topological polar surface area (TPSA) is 65.0 Å². The van der Waals surface area contributed by atoms with Gasteiger partial charge in [0, 0.05) is 0 Å². The van der Waals surface area contributed by atoms with Gasteiger partial charge in [0.05, 0.1) is 0 Å². The number of rotatable bonds is 13. The van der Waals surface area contributed by atoms with Crippen LogP contribution in [-0.2, 0) is 14.5 Å². The standard InChI is InChI=1S/C19H36O5/c1-5-6-7-8-9-10-11-12-13-14-15-16(22-17(20)21)19(4)18(2,3)23-24-19/h16H,5-15H2,1-4H3,(H,20,21). The second-order valence-corrected chi connectivity index (χ2v) is 7.63. The fraction of sp³-hybridized carbons (Fsp3) is 0.947. The van der Waals surface area contributed by atoms with E-state index < -0.39 is 23.5 Å². The van der Waals surface area contributed by atoms with E-state index in [0.29, 0.717) is 6.42 Å². The molecule has 0 bridgehead atoms. The van der Waals surface area contributed by atoms with Crippen molar-refractivity contribution in [2.75, 3.05) is 0 Å². The maximum Gasteiger partial charge on any atom is 0.506 e. The van der Waals surface area contributed by atoms with Gasteiger partial charge in [-0.15, -0.1) is 0 Å². The summed E-state index contributed by atoms with van der Waals surface area (Å²) in [4.78, 5) is 21.3. The molecule has 0 radical (unpaired) electrons. The Labute approximate surface area is 147 Å². The van der Waals surface area contributed by atoms with Gasteiger partial charge in [-0.05, 0) is 33.6 Å². The summed E-state index contributed by atoms with van der Waals surface area (Å²) in [6, 6.07) is 0. The van der Waals surface area contributed by atoms with Gasteiger partial charge in [0.1, 0.15) is 11.7 Å². The van der Waals surface area contributed by atoms with E-state index >= 15 is 0 Å². The average molecular weight is 344 g/mol. The number of hydrogen-bond donors (Lipinski definition) is 1. The summed E-state index contributed by atoms with van der Waals surface area (Å²) in [5, 5.41) is 8.98. The van der Waals surface area contributed by atoms with Crippen molar-refractivity contribution in [3.63, 3.8) is 0 Å². The number of hydrogen-bond acceptors (Lipinski definition) is 4. The van der Waals surface area contributed by atoms with Gasteiger partial charge in [-0.1, -0.05) is 64.7 Å². The van der Waals surface area contributed by atoms with E-state index in [1.165, 1.54) is 51.4 Å². The summed E-state index contributed by atoms with van der Waals surface area (Å²) >= 11 is 0. The monoisotopic (exact) mass is 344 g/mol. The molecular formula is C19H36O5. The minimum absolute atomic E-state index is 0.493. The second-order valence-electron chi connectivity index (χ2n) is 7.63. The van der Waals surface area contributed by atoms with Crippen LogP contribution in [-0.4, -0.2) is 28.6 Å². The maximum atomic E-state index is 11.0. The highest BCUT2D eigenvalue weighted by molar-refractivity contribution is 5.57. The molecule has 1 heterocycles. The Morgan fingerprint density at radius 2 is 1.42 bits per heavy atom. The lowest BCUT2D eigenvalue weighted by atomic mass is 9.79. The molecule has 0 saturated carbocycles. The lowest BCUT2D eigenvalue weighted by molar-refractivity contribution is -0.553. The first kappa shape index (κ1) is 21.2. The van der Waals surface area contributed by atoms with Crippen molar-refractivity contribution in [3.05, 3.63) is 0 Å². The molecule has 1 fully saturated rings. The van der Waals surface area contributed by atoms with Crippen molar-refractivity contribution < 1.29 is 24.4 Å². The predicted molar refractivity (Wildman–Crippen MR) is 94.0 cm³/mol. The Kier molecular flexibility index (Phi) is 9.06. The third-order valence-electron chi connectivity index (χ3n) is 5.30. The third kappa shape index (κ3) is 6.25. The van der Waals surface area contributed by atoms with E-state index in [2.05, 4.69) is 6.92 Å². The zero-order valence-electron chi connectivity index (χ0n) is 15.9. The Bertz CT molecular complexity index is 369. The van der Waals surface area contributed by atoms with Crippen LogP contribution in [0.4, 0.5) is 4.79 Å². The van der Waals surface area contributed by atoms with Crippen molar-refractivity contribution >= 4 is 6.16 Å². The van der Waals surface area contributed by atoms with Gasteiger partial charge in [0.25, 0.3) is 0 Å². The molecule has 1 N–H and O–H groups in total. The molecule has 0 aliphatic carbocycles. The fourth-order valence-corrected chi connectivity index (χ4v) is 3.17. The largest absolute Gasteiger partial charge is 0.506 e. The van der Waals surface area contributed by atoms with Crippen LogP contribution in [0.1, 0.15) is 98.3 Å². The van der Waals surface area contributed by atoms with E-state index in [1.807, 2.05) is 20.8 Å². The maximum absolute atomic E-state index is 11.0. The van der Waals surface area contributed by atoms with Gasteiger partial charge >= 0.3 is 6.16 Å². The molecule has 2 atom stereocenters. The summed E-state index contributed by atoms with van der Waals surface area (Å²) < 4.78 is 5.09. The molecule has 5 heteroatoms. The average Bonchev–Trinajstić information content (AvgIpc) is 2.53. The number of unbranched alkanes of at least 4 members (excludes halogenated alkanes) is 9. The van der Waals surface area contributed by atoms with Crippen LogP contribution in [0.2, 0.25) is 0 Å². The van der Waals surface area contributed by atoms with Crippen molar-refractivity contribution in [1.82, 2.24) is 0 Å².